The average Bonchev–Trinajstić information content (AvgIpc) is 3.31. The van der Waals surface area contributed by atoms with Crippen LogP contribution in [0.25, 0.3) is 5.69 Å². The number of aromatic nitrogens is 3. The summed E-state index contributed by atoms with van der Waals surface area (Å²) in [5.74, 6) is 2.08. The van der Waals surface area contributed by atoms with Gasteiger partial charge in [0.25, 0.3) is 0 Å². The fourth-order valence-electron chi connectivity index (χ4n) is 3.92. The van der Waals surface area contributed by atoms with Gasteiger partial charge in [-0.25, -0.2) is 4.79 Å². The molecule has 0 spiro atoms. The highest BCUT2D eigenvalue weighted by atomic mass is 35.5. The topological polar surface area (TPSA) is 81.1 Å². The van der Waals surface area contributed by atoms with Gasteiger partial charge in [0.2, 0.25) is 0 Å². The molecule has 1 atom stereocenters. The fourth-order valence-corrected chi connectivity index (χ4v) is 4.98. The van der Waals surface area contributed by atoms with Gasteiger partial charge in [-0.1, -0.05) is 53.7 Å². The third kappa shape index (κ3) is 6.26. The second-order valence-electron chi connectivity index (χ2n) is 8.81. The second kappa shape index (κ2) is 11.7. The Labute approximate surface area is 226 Å². The van der Waals surface area contributed by atoms with Crippen molar-refractivity contribution >= 4 is 35.1 Å². The van der Waals surface area contributed by atoms with E-state index in [0.29, 0.717) is 21.8 Å². The van der Waals surface area contributed by atoms with Crippen LogP contribution in [-0.2, 0) is 5.75 Å². The van der Waals surface area contributed by atoms with E-state index in [4.69, 9.17) is 16.3 Å². The minimum absolute atomic E-state index is 0.316. The van der Waals surface area contributed by atoms with Gasteiger partial charge in [-0.2, -0.15) is 0 Å². The Balaban J connectivity index is 1.62. The number of methoxy groups -OCH3 is 1. The van der Waals surface area contributed by atoms with Gasteiger partial charge in [0, 0.05) is 16.5 Å². The number of halogens is 1. The smallest absolute Gasteiger partial charge is 0.319 e. The summed E-state index contributed by atoms with van der Waals surface area (Å²) in [7, 11) is 1.65. The van der Waals surface area contributed by atoms with Crippen LogP contribution in [0.5, 0.6) is 5.75 Å². The van der Waals surface area contributed by atoms with Crippen LogP contribution in [0.4, 0.5) is 10.5 Å². The molecule has 4 rings (SSSR count). The number of aryl methyl sites for hydroxylation is 2. The van der Waals surface area contributed by atoms with E-state index in [1.54, 1.807) is 18.9 Å². The molecular weight excluding hydrogens is 506 g/mol. The van der Waals surface area contributed by atoms with Crippen LogP contribution in [0.3, 0.4) is 0 Å². The Morgan fingerprint density at radius 1 is 1.05 bits per heavy atom. The van der Waals surface area contributed by atoms with Crippen LogP contribution in [0.1, 0.15) is 41.0 Å². The number of benzene rings is 3. The number of amides is 2. The molecule has 0 aliphatic heterocycles. The van der Waals surface area contributed by atoms with E-state index in [1.165, 1.54) is 0 Å². The summed E-state index contributed by atoms with van der Waals surface area (Å²) in [5.41, 5.74) is 5.89. The van der Waals surface area contributed by atoms with Crippen molar-refractivity contribution in [3.63, 3.8) is 0 Å². The number of carbonyl (C=O) groups is 1. The summed E-state index contributed by atoms with van der Waals surface area (Å²) in [6.45, 7) is 7.90. The van der Waals surface area contributed by atoms with Gasteiger partial charge in [0.05, 0.1) is 18.8 Å². The third-order valence-electron chi connectivity index (χ3n) is 6.16. The lowest BCUT2D eigenvalue weighted by Crippen LogP contribution is -2.32. The van der Waals surface area contributed by atoms with Crippen molar-refractivity contribution in [2.75, 3.05) is 12.4 Å². The standard InChI is InChI=1S/C28H30ClN5O2S/c1-17-8-6-11-24(19(17)3)31-27(35)30-20(4)26-32-33-28(34(26)25-15-22(29)13-12-18(25)2)37-16-21-9-7-10-23(14-21)36-5/h6-15,20H,16H2,1-5H3,(H2,30,31,35). The number of ether oxygens (including phenoxy) is 1. The lowest BCUT2D eigenvalue weighted by atomic mass is 10.1. The summed E-state index contributed by atoms with van der Waals surface area (Å²) in [4.78, 5) is 12.9. The summed E-state index contributed by atoms with van der Waals surface area (Å²) in [6, 6.07) is 18.7. The molecule has 1 unspecified atom stereocenters. The molecule has 2 N–H and O–H groups in total. The van der Waals surface area contributed by atoms with E-state index < -0.39 is 6.04 Å². The van der Waals surface area contributed by atoms with Crippen molar-refractivity contribution in [2.24, 2.45) is 0 Å². The van der Waals surface area contributed by atoms with Crippen molar-refractivity contribution in [3.05, 3.63) is 93.8 Å². The number of rotatable bonds is 8. The molecule has 7 nitrogen and oxygen atoms in total. The van der Waals surface area contributed by atoms with Crippen LogP contribution >= 0.6 is 23.4 Å². The monoisotopic (exact) mass is 535 g/mol. The van der Waals surface area contributed by atoms with E-state index in [2.05, 4.69) is 20.8 Å². The Morgan fingerprint density at radius 3 is 2.62 bits per heavy atom. The van der Waals surface area contributed by atoms with E-state index >= 15 is 0 Å². The SMILES string of the molecule is COc1cccc(CSc2nnc(C(C)NC(=O)Nc3cccc(C)c3C)n2-c2cc(Cl)ccc2C)c1. The van der Waals surface area contributed by atoms with Gasteiger partial charge in [-0.3, -0.25) is 4.57 Å². The first-order chi connectivity index (χ1) is 17.8. The maximum Gasteiger partial charge on any atom is 0.319 e. The molecule has 0 saturated heterocycles. The number of nitrogens with one attached hydrogen (secondary N) is 2. The van der Waals surface area contributed by atoms with Crippen molar-refractivity contribution in [3.8, 4) is 11.4 Å². The molecule has 1 heterocycles. The number of carbonyl (C=O) groups excluding carboxylic acids is 1. The molecular formula is C28H30ClN5O2S. The molecule has 192 valence electrons. The summed E-state index contributed by atoms with van der Waals surface area (Å²) >= 11 is 7.93. The van der Waals surface area contributed by atoms with Gasteiger partial charge in [0.1, 0.15) is 5.75 Å². The van der Waals surface area contributed by atoms with Crippen LogP contribution < -0.4 is 15.4 Å². The maximum absolute atomic E-state index is 12.9. The minimum atomic E-state index is -0.429. The Hall–Kier alpha value is -3.49. The minimum Gasteiger partial charge on any atom is -0.497 e. The Kier molecular flexibility index (Phi) is 8.41. The Bertz CT molecular complexity index is 1420. The summed E-state index contributed by atoms with van der Waals surface area (Å²) in [6.07, 6.45) is 0. The average molecular weight is 536 g/mol. The predicted molar refractivity (Wildman–Crippen MR) is 150 cm³/mol. The Morgan fingerprint density at radius 2 is 1.84 bits per heavy atom. The first kappa shape index (κ1) is 26.6. The van der Waals surface area contributed by atoms with E-state index in [-0.39, 0.29) is 6.03 Å². The molecule has 0 saturated carbocycles. The van der Waals surface area contributed by atoms with Crippen molar-refractivity contribution in [2.45, 2.75) is 44.6 Å². The highest BCUT2D eigenvalue weighted by Crippen LogP contribution is 2.31. The van der Waals surface area contributed by atoms with Gasteiger partial charge in [0.15, 0.2) is 11.0 Å². The number of urea groups is 1. The molecule has 0 fully saturated rings. The first-order valence-corrected chi connectivity index (χ1v) is 13.2. The third-order valence-corrected chi connectivity index (χ3v) is 7.40. The lowest BCUT2D eigenvalue weighted by Gasteiger charge is -2.19. The molecule has 1 aromatic heterocycles. The number of anilines is 1. The second-order valence-corrected chi connectivity index (χ2v) is 10.2. The quantitative estimate of drug-likeness (QED) is 0.237. The highest BCUT2D eigenvalue weighted by molar-refractivity contribution is 7.98. The number of thioether (sulfide) groups is 1. The van der Waals surface area contributed by atoms with Gasteiger partial charge in [-0.05, 0) is 80.3 Å². The van der Waals surface area contributed by atoms with Crippen LogP contribution in [0.2, 0.25) is 5.02 Å². The molecule has 2 amide bonds. The first-order valence-electron chi connectivity index (χ1n) is 11.9. The summed E-state index contributed by atoms with van der Waals surface area (Å²) < 4.78 is 7.32. The van der Waals surface area contributed by atoms with Crippen LogP contribution in [0, 0.1) is 20.8 Å². The van der Waals surface area contributed by atoms with Crippen molar-refractivity contribution in [1.29, 1.82) is 0 Å². The summed E-state index contributed by atoms with van der Waals surface area (Å²) in [5, 5.41) is 16.2. The zero-order valence-corrected chi connectivity index (χ0v) is 23.1. The number of hydrogen-bond donors (Lipinski definition) is 2. The largest absolute Gasteiger partial charge is 0.497 e. The van der Waals surface area contributed by atoms with E-state index in [9.17, 15) is 4.79 Å². The normalized spacial score (nSPS) is 11.7. The molecule has 9 heteroatoms. The highest BCUT2D eigenvalue weighted by Gasteiger charge is 2.22. The van der Waals surface area contributed by atoms with Crippen LogP contribution in [-0.4, -0.2) is 27.9 Å². The van der Waals surface area contributed by atoms with Gasteiger partial charge >= 0.3 is 6.03 Å². The molecule has 0 radical (unpaired) electrons. The zero-order valence-electron chi connectivity index (χ0n) is 21.5. The van der Waals surface area contributed by atoms with Gasteiger partial charge in [-0.15, -0.1) is 10.2 Å². The molecule has 0 aliphatic carbocycles. The van der Waals surface area contributed by atoms with E-state index in [1.807, 2.05) is 92.9 Å². The van der Waals surface area contributed by atoms with Crippen molar-refractivity contribution in [1.82, 2.24) is 20.1 Å². The molecule has 3 aromatic carbocycles. The van der Waals surface area contributed by atoms with Crippen LogP contribution in [0.15, 0.2) is 65.8 Å². The fraction of sp³-hybridized carbons (Fsp3) is 0.250. The molecule has 0 bridgehead atoms. The lowest BCUT2D eigenvalue weighted by molar-refractivity contribution is 0.248. The molecule has 4 aromatic rings. The number of nitrogens with zero attached hydrogens (tertiary/aromatic N) is 3. The predicted octanol–water partition coefficient (Wildman–Crippen LogP) is 7.03. The maximum atomic E-state index is 12.9. The number of hydrogen-bond acceptors (Lipinski definition) is 5. The van der Waals surface area contributed by atoms with E-state index in [0.717, 1.165) is 39.4 Å². The molecule has 37 heavy (non-hydrogen) atoms. The van der Waals surface area contributed by atoms with Gasteiger partial charge < -0.3 is 15.4 Å². The molecule has 0 aliphatic rings. The zero-order chi connectivity index (χ0) is 26.5. The van der Waals surface area contributed by atoms with Crippen molar-refractivity contribution < 1.29 is 9.53 Å².